The van der Waals surface area contributed by atoms with Gasteiger partial charge in [-0.05, 0) is 0 Å². The van der Waals surface area contributed by atoms with Crippen molar-refractivity contribution >= 4 is 34.8 Å². The molecule has 0 rings (SSSR count). The molecule has 0 fully saturated rings. The van der Waals surface area contributed by atoms with E-state index in [1.54, 1.807) is 0 Å². The molecule has 86 valence electrons. The highest BCUT2D eigenvalue weighted by Crippen LogP contribution is 1.96. The van der Waals surface area contributed by atoms with Gasteiger partial charge in [0.05, 0.1) is 18.3 Å². The van der Waals surface area contributed by atoms with Crippen molar-refractivity contribution in [1.29, 1.82) is 0 Å². The number of hydrogen-bond acceptors (Lipinski definition) is 4. The third-order valence-electron chi connectivity index (χ3n) is 1.54. The van der Waals surface area contributed by atoms with Gasteiger partial charge in [-0.3, -0.25) is 9.59 Å². The van der Waals surface area contributed by atoms with Crippen LogP contribution in [0.25, 0.3) is 0 Å². The van der Waals surface area contributed by atoms with Crippen molar-refractivity contribution < 1.29 is 14.6 Å². The van der Waals surface area contributed by atoms with Crippen LogP contribution in [0.4, 0.5) is 0 Å². The summed E-state index contributed by atoms with van der Waals surface area (Å²) in [6, 6.07) is 0. The van der Waals surface area contributed by atoms with Gasteiger partial charge in [-0.2, -0.15) is 0 Å². The first-order chi connectivity index (χ1) is 7.01. The molecule has 0 unspecified atom stereocenters. The lowest BCUT2D eigenvalue weighted by Crippen LogP contribution is -2.37. The summed E-state index contributed by atoms with van der Waals surface area (Å²) in [4.78, 5) is 32.1. The molecule has 0 aliphatic rings. The Balaban J connectivity index is 4.11. The minimum Gasteiger partial charge on any atom is -0.298 e. The summed E-state index contributed by atoms with van der Waals surface area (Å²) >= 11 is 10.4. The Morgan fingerprint density at radius 3 is 2.13 bits per heavy atom. The van der Waals surface area contributed by atoms with Crippen LogP contribution in [0.1, 0.15) is 6.42 Å². The quantitative estimate of drug-likeness (QED) is 0.359. The van der Waals surface area contributed by atoms with Crippen molar-refractivity contribution in [2.45, 2.75) is 6.42 Å². The number of halogens is 2. The number of hydrazine groups is 1. The predicted octanol–water partition coefficient (Wildman–Crippen LogP) is 0.486. The number of alkyl halides is 2. The molecule has 0 aliphatic heterocycles. The molecular weight excluding hydrogens is 247 g/mol. The fourth-order valence-corrected chi connectivity index (χ4v) is 1.00. The average Bonchev–Trinajstić information content (AvgIpc) is 2.22. The first-order valence-corrected chi connectivity index (χ1v) is 5.12. The van der Waals surface area contributed by atoms with Gasteiger partial charge in [0.2, 0.25) is 0 Å². The number of rotatable bonds is 8. The van der Waals surface area contributed by atoms with Gasteiger partial charge in [0.1, 0.15) is 12.3 Å². The molecule has 6 nitrogen and oxygen atoms in total. The summed E-state index contributed by atoms with van der Waals surface area (Å²) in [5.41, 5.74) is 0. The summed E-state index contributed by atoms with van der Waals surface area (Å²) in [6.07, 6.45) is -0.0555. The summed E-state index contributed by atoms with van der Waals surface area (Å²) < 4.78 is 0. The van der Waals surface area contributed by atoms with Crippen LogP contribution in [-0.4, -0.2) is 46.5 Å². The minimum absolute atomic E-state index is 0.0555. The Kier molecular flexibility index (Phi) is 6.98. The van der Waals surface area contributed by atoms with E-state index in [9.17, 15) is 19.7 Å². The van der Waals surface area contributed by atoms with Gasteiger partial charge >= 0.3 is 0 Å². The normalized spacial score (nSPS) is 9.73. The molecule has 0 radical (unpaired) electrons. The molecule has 15 heavy (non-hydrogen) atoms. The summed E-state index contributed by atoms with van der Waals surface area (Å²) in [5.74, 6) is -1.24. The topological polar surface area (TPSA) is 80.5 Å². The zero-order valence-electron chi connectivity index (χ0n) is 7.82. The maximum absolute atomic E-state index is 10.9. The molecule has 0 heterocycles. The average molecular weight is 257 g/mol. The summed E-state index contributed by atoms with van der Waals surface area (Å²) in [5, 5.41) is 10.4. The summed E-state index contributed by atoms with van der Waals surface area (Å²) in [6.45, 7) is -0.534. The molecule has 0 spiro atoms. The molecule has 0 saturated carbocycles. The number of nitro groups is 1. The van der Waals surface area contributed by atoms with Gasteiger partial charge < -0.3 is 0 Å². The van der Waals surface area contributed by atoms with Crippen LogP contribution >= 0.6 is 23.2 Å². The lowest BCUT2D eigenvalue weighted by atomic mass is 10.3. The van der Waals surface area contributed by atoms with Crippen molar-refractivity contribution in [3.8, 4) is 0 Å². The van der Waals surface area contributed by atoms with Crippen LogP contribution < -0.4 is 0 Å². The molecule has 0 aliphatic carbocycles. The molecular formula is C7H10Cl2N2O4. The van der Waals surface area contributed by atoms with Crippen LogP contribution in [-0.2, 0) is 9.59 Å². The molecule has 0 amide bonds. The van der Waals surface area contributed by atoms with Crippen molar-refractivity contribution in [3.05, 3.63) is 10.1 Å². The van der Waals surface area contributed by atoms with E-state index in [0.29, 0.717) is 5.01 Å². The van der Waals surface area contributed by atoms with Crippen molar-refractivity contribution in [3.63, 3.8) is 0 Å². The van der Waals surface area contributed by atoms with Crippen molar-refractivity contribution in [1.82, 2.24) is 5.01 Å². The number of carbonyl (C=O) groups excluding carboxylic acids is 2. The molecule has 0 saturated heterocycles. The Hall–Kier alpha value is -0.880. The van der Waals surface area contributed by atoms with Gasteiger partial charge in [0.15, 0.2) is 10.8 Å². The maximum Gasteiger partial charge on any atom is 0.172 e. The number of carbonyl (C=O) groups is 2. The number of hydrogen-bond donors (Lipinski definition) is 0. The van der Waals surface area contributed by atoms with Crippen LogP contribution in [0, 0.1) is 10.1 Å². The lowest BCUT2D eigenvalue weighted by Gasteiger charge is -2.11. The van der Waals surface area contributed by atoms with E-state index in [1.807, 2.05) is 0 Å². The smallest absolute Gasteiger partial charge is 0.172 e. The Morgan fingerprint density at radius 2 is 1.73 bits per heavy atom. The van der Waals surface area contributed by atoms with Crippen LogP contribution in [0.3, 0.4) is 0 Å². The van der Waals surface area contributed by atoms with E-state index in [0.717, 1.165) is 0 Å². The fraction of sp³-hybridized carbons (Fsp3) is 0.714. The third kappa shape index (κ3) is 6.24. The first kappa shape index (κ1) is 14.1. The SMILES string of the molecule is O=C(CCl)CCN(CC(=O)CCl)[N+](=O)[O-]. The van der Waals surface area contributed by atoms with Crippen molar-refractivity contribution in [2.75, 3.05) is 24.8 Å². The maximum atomic E-state index is 10.9. The second-order valence-corrected chi connectivity index (χ2v) is 3.26. The first-order valence-electron chi connectivity index (χ1n) is 4.05. The second-order valence-electron chi connectivity index (χ2n) is 2.72. The number of Topliss-reactive ketones (excluding diaryl/α,β-unsaturated/α-hetero) is 2. The Bertz CT molecular complexity index is 259. The minimum atomic E-state index is -0.730. The predicted molar refractivity (Wildman–Crippen MR) is 54.6 cm³/mol. The van der Waals surface area contributed by atoms with Crippen molar-refractivity contribution in [2.24, 2.45) is 0 Å². The van der Waals surface area contributed by atoms with E-state index in [2.05, 4.69) is 0 Å². The highest BCUT2D eigenvalue weighted by atomic mass is 35.5. The molecule has 0 aromatic rings. The van der Waals surface area contributed by atoms with Gasteiger partial charge in [0.25, 0.3) is 0 Å². The molecule has 0 N–H and O–H groups in total. The largest absolute Gasteiger partial charge is 0.298 e. The molecule has 0 aromatic carbocycles. The Labute approximate surface area is 96.2 Å². The zero-order valence-corrected chi connectivity index (χ0v) is 9.33. The van der Waals surface area contributed by atoms with Crippen LogP contribution in [0.5, 0.6) is 0 Å². The standard InChI is InChI=1S/C7H10Cl2N2O4/c8-3-6(12)1-2-10(11(14)15)5-7(13)4-9/h1-5H2. The van der Waals surface area contributed by atoms with Crippen LogP contribution in [0.15, 0.2) is 0 Å². The van der Waals surface area contributed by atoms with Gasteiger partial charge in [0, 0.05) is 6.42 Å². The van der Waals surface area contributed by atoms with E-state index >= 15 is 0 Å². The van der Waals surface area contributed by atoms with E-state index in [4.69, 9.17) is 23.2 Å². The molecule has 0 atom stereocenters. The third-order valence-corrected chi connectivity index (χ3v) is 2.13. The van der Waals surface area contributed by atoms with Gasteiger partial charge in [-0.25, -0.2) is 10.1 Å². The summed E-state index contributed by atoms with van der Waals surface area (Å²) in [7, 11) is 0. The number of nitrogens with zero attached hydrogens (tertiary/aromatic N) is 2. The van der Waals surface area contributed by atoms with Gasteiger partial charge in [-0.1, -0.05) is 0 Å². The van der Waals surface area contributed by atoms with Crippen LogP contribution in [0.2, 0.25) is 0 Å². The Morgan fingerprint density at radius 1 is 1.20 bits per heavy atom. The molecule has 0 aromatic heterocycles. The zero-order chi connectivity index (χ0) is 11.8. The van der Waals surface area contributed by atoms with E-state index in [1.165, 1.54) is 0 Å². The van der Waals surface area contributed by atoms with Gasteiger partial charge in [-0.15, -0.1) is 28.2 Å². The highest BCUT2D eigenvalue weighted by molar-refractivity contribution is 6.28. The molecule has 8 heteroatoms. The fourth-order valence-electron chi connectivity index (χ4n) is 0.785. The highest BCUT2D eigenvalue weighted by Gasteiger charge is 2.18. The molecule has 0 bridgehead atoms. The van der Waals surface area contributed by atoms with E-state index < -0.39 is 17.4 Å². The number of ketones is 2. The monoisotopic (exact) mass is 256 g/mol. The van der Waals surface area contributed by atoms with E-state index in [-0.39, 0.29) is 30.5 Å². The second kappa shape index (κ2) is 7.42. The lowest BCUT2D eigenvalue weighted by molar-refractivity contribution is -0.652.